The predicted octanol–water partition coefficient (Wildman–Crippen LogP) is 0.114. The highest BCUT2D eigenvalue weighted by molar-refractivity contribution is 6.72. The van der Waals surface area contributed by atoms with Gasteiger partial charge in [0.25, 0.3) is 0 Å². The second kappa shape index (κ2) is 10.4. The number of anilines is 1. The van der Waals surface area contributed by atoms with Gasteiger partial charge < -0.3 is 20.8 Å². The van der Waals surface area contributed by atoms with E-state index in [-0.39, 0.29) is 13.2 Å². The third-order valence-electron chi connectivity index (χ3n) is 3.74. The topological polar surface area (TPSA) is 114 Å². The van der Waals surface area contributed by atoms with Gasteiger partial charge in [-0.25, -0.2) is 0 Å². The molecule has 0 aromatic heterocycles. The lowest BCUT2D eigenvalue weighted by molar-refractivity contribution is 0.293. The van der Waals surface area contributed by atoms with E-state index in [0.29, 0.717) is 31.3 Å². The molecule has 1 aliphatic heterocycles. The van der Waals surface area contributed by atoms with E-state index in [9.17, 15) is 0 Å². The third kappa shape index (κ3) is 5.22. The summed E-state index contributed by atoms with van der Waals surface area (Å²) < 4.78 is 0. The fourth-order valence-corrected chi connectivity index (χ4v) is 2.47. The zero-order chi connectivity index (χ0) is 18.8. The van der Waals surface area contributed by atoms with Gasteiger partial charge in [-0.1, -0.05) is 12.1 Å². The molecular weight excluding hydrogens is 332 g/mol. The molecule has 8 nitrogen and oxygen atoms in total. The molecule has 1 aromatic rings. The number of benzene rings is 1. The molecule has 0 amide bonds. The van der Waals surface area contributed by atoms with Crippen LogP contribution in [0.4, 0.5) is 5.69 Å². The van der Waals surface area contributed by atoms with Gasteiger partial charge in [-0.2, -0.15) is 0 Å². The van der Waals surface area contributed by atoms with Gasteiger partial charge in [0.05, 0.1) is 25.6 Å². The third-order valence-corrected chi connectivity index (χ3v) is 3.74. The molecule has 0 radical (unpaired) electrons. The predicted molar refractivity (Wildman–Crippen MR) is 107 cm³/mol. The average molecular weight is 358 g/mol. The summed E-state index contributed by atoms with van der Waals surface area (Å²) in [6.07, 6.45) is 1.94. The van der Waals surface area contributed by atoms with E-state index < -0.39 is 0 Å². The number of aliphatic hydroxyl groups is 2. The summed E-state index contributed by atoms with van der Waals surface area (Å²) in [7, 11) is 3.43. The summed E-state index contributed by atoms with van der Waals surface area (Å²) in [4.78, 5) is 13.1. The van der Waals surface area contributed by atoms with Gasteiger partial charge in [0.1, 0.15) is 5.71 Å². The molecular formula is C18H26N6O2. The van der Waals surface area contributed by atoms with E-state index in [0.717, 1.165) is 22.7 Å². The van der Waals surface area contributed by atoms with Crippen LogP contribution in [0.3, 0.4) is 0 Å². The minimum Gasteiger partial charge on any atom is -0.395 e. The molecule has 2 rings (SSSR count). The molecule has 0 unspecified atom stereocenters. The standard InChI is InChI=1S/C18H26N6O2/c1-19-16-11-15(13-3-5-14(6-4-13)22-8-10-26)24-18(17(16)20-2)23-12-21-7-9-25/h3-6,11,21-22,25-26H,7-10,12H2,1-2H3,(H,23,24). The number of aliphatic imine (C=N–C) groups is 3. The largest absolute Gasteiger partial charge is 0.395 e. The average Bonchev–Trinajstić information content (AvgIpc) is 2.69. The van der Waals surface area contributed by atoms with Crippen molar-refractivity contribution in [3.8, 4) is 0 Å². The van der Waals surface area contributed by atoms with Crippen molar-refractivity contribution in [1.29, 1.82) is 0 Å². The number of nitrogens with one attached hydrogen (secondary N) is 3. The van der Waals surface area contributed by atoms with Gasteiger partial charge >= 0.3 is 0 Å². The molecule has 0 fully saturated rings. The molecule has 8 heteroatoms. The van der Waals surface area contributed by atoms with Crippen LogP contribution in [-0.2, 0) is 0 Å². The molecule has 140 valence electrons. The van der Waals surface area contributed by atoms with Crippen LogP contribution in [-0.4, -0.2) is 74.5 Å². The van der Waals surface area contributed by atoms with Crippen molar-refractivity contribution in [2.75, 3.05) is 52.4 Å². The summed E-state index contributed by atoms with van der Waals surface area (Å²) in [6, 6.07) is 7.89. The molecule has 0 atom stereocenters. The Hall–Kier alpha value is -2.55. The lowest BCUT2D eigenvalue weighted by atomic mass is 10.0. The maximum atomic E-state index is 8.89. The van der Waals surface area contributed by atoms with Crippen molar-refractivity contribution >= 4 is 28.6 Å². The van der Waals surface area contributed by atoms with Crippen LogP contribution in [0.1, 0.15) is 5.56 Å². The smallest absolute Gasteiger partial charge is 0.154 e. The Morgan fingerprint density at radius 2 is 1.73 bits per heavy atom. The van der Waals surface area contributed by atoms with E-state index in [1.165, 1.54) is 0 Å². The zero-order valence-corrected chi connectivity index (χ0v) is 15.2. The number of hydrogen-bond donors (Lipinski definition) is 5. The quantitative estimate of drug-likeness (QED) is 0.424. The van der Waals surface area contributed by atoms with Gasteiger partial charge in [0, 0.05) is 38.6 Å². The monoisotopic (exact) mass is 358 g/mol. The molecule has 0 saturated heterocycles. The van der Waals surface area contributed by atoms with Crippen molar-refractivity contribution in [3.05, 3.63) is 35.9 Å². The molecule has 1 aromatic carbocycles. The summed E-state index contributed by atoms with van der Waals surface area (Å²) >= 11 is 0. The summed E-state index contributed by atoms with van der Waals surface area (Å²) in [5, 5.41) is 27.2. The minimum atomic E-state index is 0.0660. The Bertz CT molecular complexity index is 707. The Balaban J connectivity index is 2.23. The molecule has 26 heavy (non-hydrogen) atoms. The Morgan fingerprint density at radius 1 is 1.00 bits per heavy atom. The molecule has 0 spiro atoms. The summed E-state index contributed by atoms with van der Waals surface area (Å²) in [5.74, 6) is 0.638. The van der Waals surface area contributed by atoms with E-state index in [2.05, 4.69) is 30.9 Å². The Kier molecular flexibility index (Phi) is 7.94. The first-order valence-electron chi connectivity index (χ1n) is 8.47. The van der Waals surface area contributed by atoms with Crippen LogP contribution in [0.5, 0.6) is 0 Å². The van der Waals surface area contributed by atoms with Crippen LogP contribution < -0.4 is 16.0 Å². The van der Waals surface area contributed by atoms with Crippen LogP contribution in [0.15, 0.2) is 45.3 Å². The number of nitrogens with zero attached hydrogens (tertiary/aromatic N) is 3. The number of hydrogen-bond acceptors (Lipinski definition) is 7. The van der Waals surface area contributed by atoms with Crippen LogP contribution in [0.25, 0.3) is 5.70 Å². The van der Waals surface area contributed by atoms with E-state index in [1.54, 1.807) is 14.1 Å². The van der Waals surface area contributed by atoms with Crippen LogP contribution in [0, 0.1) is 0 Å². The van der Waals surface area contributed by atoms with Gasteiger partial charge in [-0.15, -0.1) is 0 Å². The Morgan fingerprint density at radius 3 is 2.35 bits per heavy atom. The fourth-order valence-electron chi connectivity index (χ4n) is 2.47. The van der Waals surface area contributed by atoms with Gasteiger partial charge in [-0.05, 0) is 23.8 Å². The van der Waals surface area contributed by atoms with Gasteiger partial charge in [0.15, 0.2) is 5.84 Å². The highest BCUT2D eigenvalue weighted by Crippen LogP contribution is 2.18. The normalized spacial score (nSPS) is 18.9. The lowest BCUT2D eigenvalue weighted by Gasteiger charge is -2.21. The van der Waals surface area contributed by atoms with Gasteiger partial charge in [-0.3, -0.25) is 20.3 Å². The van der Waals surface area contributed by atoms with Crippen molar-refractivity contribution < 1.29 is 10.2 Å². The number of aliphatic hydroxyl groups excluding tert-OH is 2. The van der Waals surface area contributed by atoms with E-state index >= 15 is 0 Å². The van der Waals surface area contributed by atoms with Crippen molar-refractivity contribution in [3.63, 3.8) is 0 Å². The summed E-state index contributed by atoms with van der Waals surface area (Å²) in [5.41, 5.74) is 4.27. The maximum absolute atomic E-state index is 8.89. The van der Waals surface area contributed by atoms with Crippen molar-refractivity contribution in [2.24, 2.45) is 15.0 Å². The lowest BCUT2D eigenvalue weighted by Crippen LogP contribution is -2.40. The van der Waals surface area contributed by atoms with Crippen LogP contribution >= 0.6 is 0 Å². The molecule has 1 aliphatic rings. The second-order valence-corrected chi connectivity index (χ2v) is 5.48. The maximum Gasteiger partial charge on any atom is 0.154 e. The van der Waals surface area contributed by atoms with Crippen molar-refractivity contribution in [1.82, 2.24) is 10.6 Å². The number of rotatable bonds is 8. The number of allylic oxidation sites excluding steroid dienone is 1. The zero-order valence-electron chi connectivity index (χ0n) is 15.2. The second-order valence-electron chi connectivity index (χ2n) is 5.48. The van der Waals surface area contributed by atoms with E-state index in [4.69, 9.17) is 10.2 Å². The first-order valence-corrected chi connectivity index (χ1v) is 8.47. The van der Waals surface area contributed by atoms with Crippen molar-refractivity contribution in [2.45, 2.75) is 0 Å². The van der Waals surface area contributed by atoms with Crippen LogP contribution in [0.2, 0.25) is 0 Å². The highest BCUT2D eigenvalue weighted by Gasteiger charge is 2.21. The molecule has 1 heterocycles. The van der Waals surface area contributed by atoms with E-state index in [1.807, 2.05) is 30.3 Å². The Labute approximate surface area is 153 Å². The fraction of sp³-hybridized carbons (Fsp3) is 0.389. The molecule has 0 aliphatic carbocycles. The number of amidine groups is 1. The molecule has 5 N–H and O–H groups in total. The molecule has 0 bridgehead atoms. The SMILES string of the molecule is CN=C1C=C(c2ccc(NCCO)cc2)NC(=NCNCCO)C1=NC. The first-order chi connectivity index (χ1) is 12.7. The minimum absolute atomic E-state index is 0.0660. The van der Waals surface area contributed by atoms with Gasteiger partial charge in [0.2, 0.25) is 0 Å². The summed E-state index contributed by atoms with van der Waals surface area (Å²) in [6.45, 7) is 1.52. The highest BCUT2D eigenvalue weighted by atomic mass is 16.3. The molecule has 0 saturated carbocycles. The first kappa shape index (κ1) is 19.8.